The number of hydrogen-bond acceptors (Lipinski definition) is 8. The van der Waals surface area contributed by atoms with Gasteiger partial charge in [0.05, 0.1) is 31.6 Å². The Bertz CT molecular complexity index is 2280. The Morgan fingerprint density at radius 2 is 1.90 bits per heavy atom. The van der Waals surface area contributed by atoms with Crippen LogP contribution in [0.25, 0.3) is 16.6 Å². The molecule has 0 radical (unpaired) electrons. The van der Waals surface area contributed by atoms with Crippen molar-refractivity contribution >= 4 is 16.6 Å². The van der Waals surface area contributed by atoms with Gasteiger partial charge < -0.3 is 45.1 Å². The summed E-state index contributed by atoms with van der Waals surface area (Å²) in [6, 6.07) is 19.2. The number of aromatic hydroxyl groups is 1. The number of hydrogen-bond donors (Lipinski definition) is 5. The Hall–Kier alpha value is -4.56. The van der Waals surface area contributed by atoms with E-state index in [0.717, 1.165) is 90.4 Å². The lowest BCUT2D eigenvalue weighted by molar-refractivity contribution is 0.00498. The van der Waals surface area contributed by atoms with Gasteiger partial charge in [-0.1, -0.05) is 55.2 Å². The standard InChI is InChI=1S/C49H57N3O6/c1-31-8-11-35-24-47(50)51-48-43(35)30-57-41(16-13-33(31)6-4-19-53)25-40(54)15-9-32-10-17-45(55)46(21-32)58-28-37-23-39(22-36-26-52(48)27-42(36)37)49-18-20-56-29-38(49)14-12-34-5-2-3-7-44(34)49/h2-3,5,7,10,17,21-24,26-27,31,33,38,40-41,47,51,53-55H,4,6,9,12-16,18-20,25,28-30,50H2,1H3. The lowest BCUT2D eigenvalue weighted by Gasteiger charge is -2.49. The molecule has 0 amide bonds. The third-order valence-electron chi connectivity index (χ3n) is 13.7. The number of nitrogens with one attached hydrogen (secondary N) is 1. The van der Waals surface area contributed by atoms with Gasteiger partial charge in [0.2, 0.25) is 0 Å². The summed E-state index contributed by atoms with van der Waals surface area (Å²) in [5, 5.41) is 37.9. The minimum atomic E-state index is -0.584. The number of phenolic OH excluding ortho intramolecular Hbond substituents is 1. The Balaban J connectivity index is 1.23. The maximum absolute atomic E-state index is 11.5. The quantitative estimate of drug-likeness (QED) is 0.139. The third kappa shape index (κ3) is 7.58. The van der Waals surface area contributed by atoms with Crippen LogP contribution in [0.4, 0.5) is 0 Å². The minimum Gasteiger partial charge on any atom is -0.504 e. The Kier molecular flexibility index (Phi) is 11.1. The number of rotatable bonds is 4. The molecule has 7 atom stereocenters. The number of ether oxygens (including phenoxy) is 3. The van der Waals surface area contributed by atoms with Crippen molar-refractivity contribution < 1.29 is 29.5 Å². The topological polar surface area (TPSA) is 131 Å². The molecule has 6 bridgehead atoms. The Morgan fingerprint density at radius 1 is 1.00 bits per heavy atom. The van der Waals surface area contributed by atoms with E-state index in [0.29, 0.717) is 44.1 Å². The average Bonchev–Trinajstić information content (AvgIpc) is 3.67. The van der Waals surface area contributed by atoms with Crippen LogP contribution in [-0.4, -0.2) is 64.7 Å². The zero-order chi connectivity index (χ0) is 39.8. The zero-order valence-electron chi connectivity index (χ0n) is 33.6. The first-order chi connectivity index (χ1) is 28.3. The number of phenols is 1. The molecule has 9 heteroatoms. The number of aliphatic hydroxyl groups excluding tert-OH is 2. The molecule has 7 unspecified atom stereocenters. The SMILES string of the molecule is CC1C#CC2=CC(N)NC3=C2COC(CCC1CCCO)CC(O)CCc1ccc(O)c(c1)OCc1cc(C24CCOCC2CCc2ccccc24)cc2cn3cc12. The van der Waals surface area contributed by atoms with E-state index in [-0.39, 0.29) is 42.3 Å². The van der Waals surface area contributed by atoms with Gasteiger partial charge in [-0.3, -0.25) is 0 Å². The van der Waals surface area contributed by atoms with Gasteiger partial charge in [0.15, 0.2) is 11.5 Å². The van der Waals surface area contributed by atoms with Gasteiger partial charge >= 0.3 is 0 Å². The molecule has 1 saturated heterocycles. The maximum Gasteiger partial charge on any atom is 0.161 e. The molecule has 5 heterocycles. The van der Waals surface area contributed by atoms with E-state index in [1.165, 1.54) is 16.7 Å². The molecule has 1 aromatic heterocycles. The number of dihydropyridines is 1. The van der Waals surface area contributed by atoms with Crippen LogP contribution in [-0.2, 0) is 34.3 Å². The van der Waals surface area contributed by atoms with Crippen molar-refractivity contribution in [1.82, 2.24) is 9.88 Å². The van der Waals surface area contributed by atoms with Crippen molar-refractivity contribution in [2.24, 2.45) is 23.5 Å². The number of fused-ring (bicyclic) bond motifs is 9. The molecule has 304 valence electrons. The van der Waals surface area contributed by atoms with Gasteiger partial charge in [-0.15, -0.1) is 0 Å². The number of aromatic nitrogens is 1. The van der Waals surface area contributed by atoms with Crippen molar-refractivity contribution in [2.75, 3.05) is 26.4 Å². The summed E-state index contributed by atoms with van der Waals surface area (Å²) in [7, 11) is 0. The molecule has 1 fully saturated rings. The fourth-order valence-electron chi connectivity index (χ4n) is 10.5. The number of aryl methyl sites for hydroxylation is 2. The Labute approximate surface area is 341 Å². The Morgan fingerprint density at radius 3 is 2.79 bits per heavy atom. The van der Waals surface area contributed by atoms with E-state index in [9.17, 15) is 15.3 Å². The highest BCUT2D eigenvalue weighted by atomic mass is 16.5. The summed E-state index contributed by atoms with van der Waals surface area (Å²) in [5.41, 5.74) is 14.4. The number of benzene rings is 3. The second-order valence-electron chi connectivity index (χ2n) is 17.3. The minimum absolute atomic E-state index is 0.0903. The maximum atomic E-state index is 11.5. The first kappa shape index (κ1) is 38.9. The lowest BCUT2D eigenvalue weighted by Crippen LogP contribution is -2.47. The number of aliphatic hydroxyl groups is 2. The number of nitrogens with zero attached hydrogens (tertiary/aromatic N) is 1. The molecule has 1 aliphatic carbocycles. The monoisotopic (exact) mass is 783 g/mol. The van der Waals surface area contributed by atoms with Gasteiger partial charge in [-0.25, -0.2) is 0 Å². The highest BCUT2D eigenvalue weighted by Crippen LogP contribution is 2.52. The van der Waals surface area contributed by atoms with E-state index in [1.54, 1.807) is 6.07 Å². The summed E-state index contributed by atoms with van der Waals surface area (Å²) in [6.45, 7) is 4.32. The fourth-order valence-corrected chi connectivity index (χ4v) is 10.5. The van der Waals surface area contributed by atoms with Gasteiger partial charge in [0, 0.05) is 58.9 Å². The molecule has 5 aliphatic rings. The van der Waals surface area contributed by atoms with E-state index >= 15 is 0 Å². The van der Waals surface area contributed by atoms with E-state index < -0.39 is 12.3 Å². The molecular formula is C49H57N3O6. The van der Waals surface area contributed by atoms with Crippen molar-refractivity contribution in [3.63, 3.8) is 0 Å². The highest BCUT2D eigenvalue weighted by molar-refractivity contribution is 5.88. The fraction of sp³-hybridized carbons (Fsp3) is 0.469. The smallest absolute Gasteiger partial charge is 0.161 e. The van der Waals surface area contributed by atoms with Crippen LogP contribution >= 0.6 is 0 Å². The van der Waals surface area contributed by atoms with Gasteiger partial charge in [0.1, 0.15) is 12.4 Å². The molecule has 9 nitrogen and oxygen atoms in total. The predicted molar refractivity (Wildman–Crippen MR) is 226 cm³/mol. The zero-order valence-corrected chi connectivity index (χ0v) is 33.6. The second kappa shape index (κ2) is 16.6. The van der Waals surface area contributed by atoms with E-state index in [1.807, 2.05) is 18.2 Å². The van der Waals surface area contributed by atoms with Crippen molar-refractivity contribution in [1.29, 1.82) is 0 Å². The third-order valence-corrected chi connectivity index (χ3v) is 13.7. The molecule has 4 aromatic rings. The van der Waals surface area contributed by atoms with Gasteiger partial charge in [-0.05, 0) is 128 Å². The van der Waals surface area contributed by atoms with Crippen molar-refractivity contribution in [3.8, 4) is 23.3 Å². The van der Waals surface area contributed by atoms with Crippen LogP contribution < -0.4 is 15.8 Å². The summed E-state index contributed by atoms with van der Waals surface area (Å²) in [6.07, 6.45) is 13.0. The molecule has 58 heavy (non-hydrogen) atoms. The van der Waals surface area contributed by atoms with E-state index in [2.05, 4.69) is 77.4 Å². The first-order valence-corrected chi connectivity index (χ1v) is 21.4. The first-order valence-electron chi connectivity index (χ1n) is 21.4. The molecule has 9 rings (SSSR count). The van der Waals surface area contributed by atoms with Gasteiger partial charge in [0.25, 0.3) is 0 Å². The molecular weight excluding hydrogens is 727 g/mol. The summed E-state index contributed by atoms with van der Waals surface area (Å²) in [5.74, 6) is 9.19. The normalized spacial score (nSPS) is 28.7. The predicted octanol–water partition coefficient (Wildman–Crippen LogP) is 7.08. The summed E-state index contributed by atoms with van der Waals surface area (Å²) < 4.78 is 21.7. The van der Waals surface area contributed by atoms with Crippen LogP contribution in [0.2, 0.25) is 0 Å². The van der Waals surface area contributed by atoms with Crippen LogP contribution in [0.15, 0.2) is 84.2 Å². The van der Waals surface area contributed by atoms with E-state index in [4.69, 9.17) is 19.9 Å². The average molecular weight is 784 g/mol. The molecule has 6 N–H and O–H groups in total. The van der Waals surface area contributed by atoms with Crippen LogP contribution in [0.1, 0.15) is 86.1 Å². The highest BCUT2D eigenvalue weighted by Gasteiger charge is 2.47. The molecule has 4 aliphatic heterocycles. The largest absolute Gasteiger partial charge is 0.504 e. The van der Waals surface area contributed by atoms with Crippen molar-refractivity contribution in [3.05, 3.63) is 112 Å². The van der Waals surface area contributed by atoms with Crippen LogP contribution in [0, 0.1) is 29.6 Å². The summed E-state index contributed by atoms with van der Waals surface area (Å²) >= 11 is 0. The molecule has 0 spiro atoms. The van der Waals surface area contributed by atoms with Crippen LogP contribution in [0.3, 0.4) is 0 Å². The lowest BCUT2D eigenvalue weighted by atomic mass is 9.57. The molecule has 0 saturated carbocycles. The second-order valence-corrected chi connectivity index (χ2v) is 17.3. The van der Waals surface area contributed by atoms with Crippen LogP contribution in [0.5, 0.6) is 11.5 Å². The number of nitrogens with two attached hydrogens (primary N) is 1. The van der Waals surface area contributed by atoms with Crippen molar-refractivity contribution in [2.45, 2.75) is 102 Å². The molecule has 3 aromatic carbocycles. The van der Waals surface area contributed by atoms with Gasteiger partial charge in [-0.2, -0.15) is 0 Å². The summed E-state index contributed by atoms with van der Waals surface area (Å²) in [4.78, 5) is 0.